The first-order valence-corrected chi connectivity index (χ1v) is 7.95. The summed E-state index contributed by atoms with van der Waals surface area (Å²) in [5, 5.41) is 9.47. The van der Waals surface area contributed by atoms with Crippen LogP contribution in [0.1, 0.15) is 18.9 Å². The predicted molar refractivity (Wildman–Crippen MR) is 81.9 cm³/mol. The van der Waals surface area contributed by atoms with Gasteiger partial charge in [0.25, 0.3) is 0 Å². The molecule has 3 rings (SSSR count). The summed E-state index contributed by atoms with van der Waals surface area (Å²) in [5.41, 5.74) is -0.203. The van der Waals surface area contributed by atoms with Crippen LogP contribution in [0, 0.1) is 5.82 Å². The monoisotopic (exact) mass is 342 g/mol. The van der Waals surface area contributed by atoms with Gasteiger partial charge >= 0.3 is 5.69 Å². The molecule has 0 spiro atoms. The molecule has 0 aliphatic heterocycles. The number of halogens is 2. The average Bonchev–Trinajstić information content (AvgIpc) is 3.23. The van der Waals surface area contributed by atoms with Crippen LogP contribution in [-0.2, 0) is 4.79 Å². The number of carbonyl (C=O) groups excluding carboxylic acids is 1. The molecule has 1 aliphatic rings. The van der Waals surface area contributed by atoms with Crippen molar-refractivity contribution in [3.8, 4) is 0 Å². The van der Waals surface area contributed by atoms with Gasteiger partial charge in [-0.05, 0) is 31.0 Å². The number of thioether (sulfide) groups is 1. The summed E-state index contributed by atoms with van der Waals surface area (Å²) in [7, 11) is 0. The van der Waals surface area contributed by atoms with Gasteiger partial charge in [0.05, 0.1) is 11.4 Å². The van der Waals surface area contributed by atoms with Gasteiger partial charge in [0.15, 0.2) is 5.16 Å². The van der Waals surface area contributed by atoms with Crippen molar-refractivity contribution in [3.05, 3.63) is 39.5 Å². The number of hydrogen-bond acceptors (Lipinski definition) is 4. The molecule has 1 aromatic heterocycles. The molecule has 6 nitrogen and oxygen atoms in total. The fourth-order valence-corrected chi connectivity index (χ4v) is 2.93. The van der Waals surface area contributed by atoms with Crippen molar-refractivity contribution >= 4 is 35.0 Å². The molecular weight excluding hydrogens is 331 g/mol. The highest BCUT2D eigenvalue weighted by Gasteiger charge is 2.28. The lowest BCUT2D eigenvalue weighted by Crippen LogP contribution is -2.18. The summed E-state index contributed by atoms with van der Waals surface area (Å²) in [5.74, 6) is -0.955. The van der Waals surface area contributed by atoms with Crippen LogP contribution in [0.15, 0.2) is 28.2 Å². The Bertz CT molecular complexity index is 772. The largest absolute Gasteiger partial charge is 0.344 e. The molecule has 116 valence electrons. The summed E-state index contributed by atoms with van der Waals surface area (Å²) >= 11 is 6.78. The van der Waals surface area contributed by atoms with Crippen molar-refractivity contribution in [3.63, 3.8) is 0 Å². The lowest BCUT2D eigenvalue weighted by molar-refractivity contribution is -0.113. The minimum Gasteiger partial charge on any atom is -0.323 e. The van der Waals surface area contributed by atoms with Gasteiger partial charge in [-0.25, -0.2) is 14.3 Å². The van der Waals surface area contributed by atoms with Crippen molar-refractivity contribution < 1.29 is 9.18 Å². The zero-order chi connectivity index (χ0) is 15.7. The van der Waals surface area contributed by atoms with Crippen LogP contribution in [-0.4, -0.2) is 26.4 Å². The summed E-state index contributed by atoms with van der Waals surface area (Å²) in [6.45, 7) is 0. The smallest absolute Gasteiger partial charge is 0.323 e. The third-order valence-corrected chi connectivity index (χ3v) is 4.31. The van der Waals surface area contributed by atoms with E-state index in [2.05, 4.69) is 15.5 Å². The Labute approximate surface area is 134 Å². The Hall–Kier alpha value is -1.80. The molecule has 2 N–H and O–H groups in total. The highest BCUT2D eigenvalue weighted by molar-refractivity contribution is 7.99. The molecule has 1 saturated carbocycles. The number of amides is 1. The number of benzene rings is 1. The van der Waals surface area contributed by atoms with Gasteiger partial charge in [-0.3, -0.25) is 9.36 Å². The number of aromatic nitrogens is 3. The number of carbonyl (C=O) groups is 1. The van der Waals surface area contributed by atoms with E-state index in [1.807, 2.05) is 0 Å². The van der Waals surface area contributed by atoms with Gasteiger partial charge in [0.1, 0.15) is 5.82 Å². The fourth-order valence-electron chi connectivity index (χ4n) is 1.95. The molecular formula is C13H12ClFN4O2S. The first-order valence-electron chi connectivity index (χ1n) is 6.59. The van der Waals surface area contributed by atoms with Crippen molar-refractivity contribution in [1.82, 2.24) is 14.8 Å². The van der Waals surface area contributed by atoms with Crippen LogP contribution in [0.25, 0.3) is 0 Å². The summed E-state index contributed by atoms with van der Waals surface area (Å²) < 4.78 is 15.1. The van der Waals surface area contributed by atoms with Crippen LogP contribution in [0.2, 0.25) is 5.02 Å². The third kappa shape index (κ3) is 3.33. The SMILES string of the molecule is O=C(CSc1n[nH]c(=O)n1C1CC1)Nc1ccc(Cl)cc1F. The summed E-state index contributed by atoms with van der Waals surface area (Å²) in [4.78, 5) is 23.5. The molecule has 0 saturated heterocycles. The second kappa shape index (κ2) is 6.13. The van der Waals surface area contributed by atoms with Crippen LogP contribution in [0.5, 0.6) is 0 Å². The van der Waals surface area contributed by atoms with E-state index in [-0.39, 0.29) is 34.1 Å². The van der Waals surface area contributed by atoms with Gasteiger partial charge in [0, 0.05) is 11.1 Å². The van der Waals surface area contributed by atoms with E-state index in [1.165, 1.54) is 12.1 Å². The van der Waals surface area contributed by atoms with E-state index in [1.54, 1.807) is 4.57 Å². The zero-order valence-electron chi connectivity index (χ0n) is 11.3. The Morgan fingerprint density at radius 1 is 1.55 bits per heavy atom. The molecule has 2 aromatic rings. The van der Waals surface area contributed by atoms with E-state index in [0.717, 1.165) is 30.7 Å². The average molecular weight is 343 g/mol. The van der Waals surface area contributed by atoms with Crippen LogP contribution < -0.4 is 11.0 Å². The molecule has 0 atom stereocenters. The van der Waals surface area contributed by atoms with Gasteiger partial charge in [-0.15, -0.1) is 5.10 Å². The fraction of sp³-hybridized carbons (Fsp3) is 0.308. The molecule has 1 fully saturated rings. The number of nitrogens with zero attached hydrogens (tertiary/aromatic N) is 2. The number of anilines is 1. The minimum absolute atomic E-state index is 0.0269. The normalized spacial score (nSPS) is 14.1. The molecule has 1 amide bonds. The maximum atomic E-state index is 13.6. The number of rotatable bonds is 5. The third-order valence-electron chi connectivity index (χ3n) is 3.12. The molecule has 1 aromatic carbocycles. The lowest BCUT2D eigenvalue weighted by Gasteiger charge is -2.07. The van der Waals surface area contributed by atoms with E-state index in [0.29, 0.717) is 5.16 Å². The first kappa shape index (κ1) is 15.1. The van der Waals surface area contributed by atoms with E-state index < -0.39 is 5.82 Å². The molecule has 0 unspecified atom stereocenters. The molecule has 22 heavy (non-hydrogen) atoms. The van der Waals surface area contributed by atoms with Crippen LogP contribution >= 0.6 is 23.4 Å². The molecule has 1 aliphatic carbocycles. The van der Waals surface area contributed by atoms with Gasteiger partial charge in [0.2, 0.25) is 5.91 Å². The number of H-pyrrole nitrogens is 1. The quantitative estimate of drug-likeness (QED) is 0.818. The molecule has 0 bridgehead atoms. The molecule has 1 heterocycles. The summed E-state index contributed by atoms with van der Waals surface area (Å²) in [6.07, 6.45) is 1.88. The maximum absolute atomic E-state index is 13.6. The molecule has 0 radical (unpaired) electrons. The first-order chi connectivity index (χ1) is 10.5. The Morgan fingerprint density at radius 3 is 3.00 bits per heavy atom. The Balaban J connectivity index is 1.62. The van der Waals surface area contributed by atoms with Gasteiger partial charge in [-0.2, -0.15) is 0 Å². The predicted octanol–water partition coefficient (Wildman–Crippen LogP) is 2.43. The maximum Gasteiger partial charge on any atom is 0.344 e. The second-order valence-electron chi connectivity index (χ2n) is 4.87. The van der Waals surface area contributed by atoms with E-state index in [4.69, 9.17) is 11.6 Å². The Morgan fingerprint density at radius 2 is 2.32 bits per heavy atom. The molecule has 9 heteroatoms. The van der Waals surface area contributed by atoms with E-state index >= 15 is 0 Å². The van der Waals surface area contributed by atoms with Crippen molar-refractivity contribution in [2.45, 2.75) is 24.0 Å². The second-order valence-corrected chi connectivity index (χ2v) is 6.25. The van der Waals surface area contributed by atoms with E-state index in [9.17, 15) is 14.0 Å². The topological polar surface area (TPSA) is 79.8 Å². The highest BCUT2D eigenvalue weighted by Crippen LogP contribution is 2.36. The van der Waals surface area contributed by atoms with Crippen LogP contribution in [0.3, 0.4) is 0 Å². The zero-order valence-corrected chi connectivity index (χ0v) is 12.9. The summed E-state index contributed by atoms with van der Waals surface area (Å²) in [6, 6.07) is 4.19. The Kier molecular flexibility index (Phi) is 4.21. The minimum atomic E-state index is -0.597. The number of hydrogen-bond donors (Lipinski definition) is 2. The van der Waals surface area contributed by atoms with Gasteiger partial charge < -0.3 is 5.32 Å². The van der Waals surface area contributed by atoms with Crippen molar-refractivity contribution in [1.29, 1.82) is 0 Å². The van der Waals surface area contributed by atoms with Crippen molar-refractivity contribution in [2.75, 3.05) is 11.1 Å². The van der Waals surface area contributed by atoms with Crippen LogP contribution in [0.4, 0.5) is 10.1 Å². The van der Waals surface area contributed by atoms with Gasteiger partial charge in [-0.1, -0.05) is 23.4 Å². The number of nitrogens with one attached hydrogen (secondary N) is 2. The van der Waals surface area contributed by atoms with Crippen molar-refractivity contribution in [2.24, 2.45) is 0 Å². The standard InChI is InChI=1S/C13H12ClFN4O2S/c14-7-1-4-10(9(15)5-7)16-11(20)6-22-13-18-17-12(21)19(13)8-2-3-8/h1,4-5,8H,2-3,6H2,(H,16,20)(H,17,21). The number of aromatic amines is 1. The lowest BCUT2D eigenvalue weighted by atomic mass is 10.3. The highest BCUT2D eigenvalue weighted by atomic mass is 35.5.